The lowest BCUT2D eigenvalue weighted by Gasteiger charge is -2.10. The van der Waals surface area contributed by atoms with Gasteiger partial charge in [0.2, 0.25) is 0 Å². The van der Waals surface area contributed by atoms with Gasteiger partial charge in [-0.3, -0.25) is 4.79 Å². The number of imidazole rings is 1. The molecule has 2 heterocycles. The summed E-state index contributed by atoms with van der Waals surface area (Å²) in [4.78, 5) is 25.8. The molecule has 34 heavy (non-hydrogen) atoms. The molecule has 2 aromatic heterocycles. The van der Waals surface area contributed by atoms with Crippen LogP contribution < -0.4 is 10.2 Å². The summed E-state index contributed by atoms with van der Waals surface area (Å²) < 4.78 is 7.62. The van der Waals surface area contributed by atoms with E-state index in [4.69, 9.17) is 4.74 Å². The molecule has 1 N–H and O–H groups in total. The molecule has 9 heteroatoms. The van der Waals surface area contributed by atoms with Crippen LogP contribution in [0.1, 0.15) is 41.2 Å². The Morgan fingerprint density at radius 1 is 1.15 bits per heavy atom. The predicted molar refractivity (Wildman–Crippen MR) is 134 cm³/mol. The van der Waals surface area contributed by atoms with Gasteiger partial charge < -0.3 is 9.30 Å². The summed E-state index contributed by atoms with van der Waals surface area (Å²) in [6, 6.07) is 13.1. The van der Waals surface area contributed by atoms with Crippen molar-refractivity contribution in [2.45, 2.75) is 38.2 Å². The zero-order chi connectivity index (χ0) is 24.1. The van der Waals surface area contributed by atoms with E-state index in [0.29, 0.717) is 22.2 Å². The summed E-state index contributed by atoms with van der Waals surface area (Å²) in [6.45, 7) is 6.73. The average Bonchev–Trinajstić information content (AvgIpc) is 3.20. The molecular weight excluding hydrogens is 448 g/mol. The molecule has 8 nitrogen and oxygen atoms in total. The summed E-state index contributed by atoms with van der Waals surface area (Å²) in [5.74, 6) is 2.07. The Balaban J connectivity index is 1.49. The molecule has 0 unspecified atom stereocenters. The second kappa shape index (κ2) is 10.5. The monoisotopic (exact) mass is 474 g/mol. The van der Waals surface area contributed by atoms with Gasteiger partial charge >= 0.3 is 0 Å². The number of hydrogen-bond donors (Lipinski definition) is 1. The van der Waals surface area contributed by atoms with Gasteiger partial charge in [0, 0.05) is 35.8 Å². The number of aromatic nitrogens is 4. The molecule has 0 spiro atoms. The maximum absolute atomic E-state index is 12.7. The largest absolute Gasteiger partial charge is 0.496 e. The Labute approximate surface area is 202 Å². The molecule has 174 valence electrons. The number of rotatable bonds is 8. The number of fused-ring (bicyclic) bond motifs is 1. The van der Waals surface area contributed by atoms with Crippen LogP contribution in [0.4, 0.5) is 0 Å². The Hall–Kier alpha value is -3.72. The quantitative estimate of drug-likeness (QED) is 0.173. The van der Waals surface area contributed by atoms with Crippen molar-refractivity contribution in [2.24, 2.45) is 5.10 Å². The Morgan fingerprint density at radius 3 is 2.65 bits per heavy atom. The summed E-state index contributed by atoms with van der Waals surface area (Å²) in [5.41, 5.74) is 7.55. The second-order valence-corrected chi connectivity index (χ2v) is 8.53. The van der Waals surface area contributed by atoms with Crippen LogP contribution in [-0.4, -0.2) is 38.2 Å². The number of nitrogens with one attached hydrogen (secondary N) is 1. The van der Waals surface area contributed by atoms with Crippen molar-refractivity contribution in [1.29, 1.82) is 0 Å². The molecule has 0 aliphatic carbocycles. The molecule has 2 aromatic carbocycles. The first-order valence-electron chi connectivity index (χ1n) is 10.9. The number of ether oxygens (including phenoxy) is 1. The first kappa shape index (κ1) is 23.4. The molecule has 0 aliphatic rings. The maximum atomic E-state index is 12.7. The minimum atomic E-state index is -0.282. The van der Waals surface area contributed by atoms with E-state index < -0.39 is 0 Å². The van der Waals surface area contributed by atoms with Gasteiger partial charge in [-0.05, 0) is 68.8 Å². The molecule has 0 aliphatic heterocycles. The summed E-state index contributed by atoms with van der Waals surface area (Å²) >= 11 is 1.52. The van der Waals surface area contributed by atoms with Crippen LogP contribution in [0.5, 0.6) is 5.75 Å². The van der Waals surface area contributed by atoms with Crippen molar-refractivity contribution in [1.82, 2.24) is 24.9 Å². The summed E-state index contributed by atoms with van der Waals surface area (Å²) in [7, 11) is 1.64. The van der Waals surface area contributed by atoms with Gasteiger partial charge in [0.05, 0.1) is 23.9 Å². The molecule has 4 aromatic rings. The lowest BCUT2D eigenvalue weighted by molar-refractivity contribution is 0.0955. The number of methoxy groups -OCH3 is 1. The highest BCUT2D eigenvalue weighted by Crippen LogP contribution is 2.27. The van der Waals surface area contributed by atoms with E-state index in [1.54, 1.807) is 37.7 Å². The number of hydrazone groups is 1. The summed E-state index contributed by atoms with van der Waals surface area (Å²) in [6.07, 6.45) is 3.44. The van der Waals surface area contributed by atoms with Crippen molar-refractivity contribution in [3.8, 4) is 5.75 Å². The molecular formula is C25H26N6O2S. The fraction of sp³-hybridized carbons (Fsp3) is 0.240. The van der Waals surface area contributed by atoms with Crippen molar-refractivity contribution in [3.63, 3.8) is 0 Å². The van der Waals surface area contributed by atoms with E-state index in [2.05, 4.69) is 37.0 Å². The number of thioether (sulfide) groups is 1. The van der Waals surface area contributed by atoms with Gasteiger partial charge in [-0.1, -0.05) is 11.8 Å². The van der Waals surface area contributed by atoms with Crippen molar-refractivity contribution in [2.75, 3.05) is 7.11 Å². The fourth-order valence-corrected chi connectivity index (χ4v) is 4.45. The number of amides is 1. The van der Waals surface area contributed by atoms with Gasteiger partial charge in [0.25, 0.3) is 5.91 Å². The van der Waals surface area contributed by atoms with E-state index >= 15 is 0 Å². The van der Waals surface area contributed by atoms with Crippen LogP contribution in [0.15, 0.2) is 65.1 Å². The zero-order valence-corrected chi connectivity index (χ0v) is 20.4. The van der Waals surface area contributed by atoms with Gasteiger partial charge in [-0.25, -0.2) is 20.4 Å². The normalized spacial score (nSPS) is 11.6. The minimum Gasteiger partial charge on any atom is -0.496 e. The van der Waals surface area contributed by atoms with Crippen LogP contribution in [0.3, 0.4) is 0 Å². The third-order valence-corrected chi connectivity index (χ3v) is 6.36. The topological polar surface area (TPSA) is 94.3 Å². The molecule has 0 saturated carbocycles. The van der Waals surface area contributed by atoms with Gasteiger partial charge in [0.1, 0.15) is 11.6 Å². The molecule has 0 bridgehead atoms. The summed E-state index contributed by atoms with van der Waals surface area (Å²) in [5, 5.41) is 5.02. The van der Waals surface area contributed by atoms with Crippen LogP contribution in [0.25, 0.3) is 11.0 Å². The maximum Gasteiger partial charge on any atom is 0.271 e. The third-order valence-electron chi connectivity index (χ3n) is 5.44. The standard InChI is InChI=1S/C25H26N6O2S/c1-5-31-17(3)28-21-14-19(7-9-22(21)31)24(32)30-29-16(2)18-8-10-23(33-4)20(13-18)15-34-25-26-11-6-12-27-25/h6-14H,5,15H2,1-4H3,(H,30,32). The SMILES string of the molecule is CCn1c(C)nc2cc(C(=O)NN=C(C)c3ccc(OC)c(CSc4ncccn4)c3)ccc21. The van der Waals surface area contributed by atoms with E-state index in [0.717, 1.165) is 40.3 Å². The molecule has 0 radical (unpaired) electrons. The number of carbonyl (C=O) groups excluding carboxylic acids is 1. The number of aryl methyl sites for hydroxylation is 2. The first-order chi connectivity index (χ1) is 16.5. The molecule has 4 rings (SSSR count). The van der Waals surface area contributed by atoms with Crippen LogP contribution >= 0.6 is 11.8 Å². The van der Waals surface area contributed by atoms with Crippen molar-refractivity contribution >= 4 is 34.4 Å². The average molecular weight is 475 g/mol. The smallest absolute Gasteiger partial charge is 0.271 e. The van der Waals surface area contributed by atoms with Gasteiger partial charge in [-0.15, -0.1) is 0 Å². The predicted octanol–water partition coefficient (Wildman–Crippen LogP) is 4.61. The van der Waals surface area contributed by atoms with E-state index in [1.165, 1.54) is 11.8 Å². The molecule has 0 atom stereocenters. The lowest BCUT2D eigenvalue weighted by Crippen LogP contribution is -2.19. The Morgan fingerprint density at radius 2 is 1.91 bits per heavy atom. The number of benzene rings is 2. The fourth-order valence-electron chi connectivity index (χ4n) is 3.67. The number of carbonyl (C=O) groups is 1. The molecule has 0 fully saturated rings. The highest BCUT2D eigenvalue weighted by Gasteiger charge is 2.12. The van der Waals surface area contributed by atoms with Gasteiger partial charge in [0.15, 0.2) is 5.16 Å². The van der Waals surface area contributed by atoms with Crippen LogP contribution in [-0.2, 0) is 12.3 Å². The van der Waals surface area contributed by atoms with Crippen molar-refractivity contribution in [3.05, 3.63) is 77.4 Å². The lowest BCUT2D eigenvalue weighted by atomic mass is 10.1. The van der Waals surface area contributed by atoms with E-state index in [9.17, 15) is 4.79 Å². The number of hydrogen-bond acceptors (Lipinski definition) is 7. The highest BCUT2D eigenvalue weighted by molar-refractivity contribution is 7.98. The number of nitrogens with zero attached hydrogens (tertiary/aromatic N) is 5. The molecule has 0 saturated heterocycles. The van der Waals surface area contributed by atoms with E-state index in [-0.39, 0.29) is 5.91 Å². The van der Waals surface area contributed by atoms with Crippen molar-refractivity contribution < 1.29 is 9.53 Å². The highest BCUT2D eigenvalue weighted by atomic mass is 32.2. The van der Waals surface area contributed by atoms with Crippen LogP contribution in [0, 0.1) is 6.92 Å². The van der Waals surface area contributed by atoms with Gasteiger partial charge in [-0.2, -0.15) is 5.10 Å². The third kappa shape index (κ3) is 5.09. The zero-order valence-electron chi connectivity index (χ0n) is 19.6. The first-order valence-corrected chi connectivity index (χ1v) is 11.9. The minimum absolute atomic E-state index is 0.282. The second-order valence-electron chi connectivity index (χ2n) is 7.59. The van der Waals surface area contributed by atoms with Crippen LogP contribution in [0.2, 0.25) is 0 Å². The Bertz CT molecular complexity index is 1350. The molecule has 1 amide bonds. The Kier molecular flexibility index (Phi) is 7.22. The van der Waals surface area contributed by atoms with E-state index in [1.807, 2.05) is 38.1 Å².